The van der Waals surface area contributed by atoms with Crippen LogP contribution in [0.3, 0.4) is 0 Å². The summed E-state index contributed by atoms with van der Waals surface area (Å²) < 4.78 is 0. The molecule has 0 saturated heterocycles. The third-order valence-electron chi connectivity index (χ3n) is 1.59. The summed E-state index contributed by atoms with van der Waals surface area (Å²) in [7, 11) is 0. The molecule has 0 bridgehead atoms. The van der Waals surface area contributed by atoms with Gasteiger partial charge in [0.15, 0.2) is 0 Å². The molecule has 0 aliphatic heterocycles. The van der Waals surface area contributed by atoms with E-state index in [1.807, 2.05) is 6.92 Å². The highest BCUT2D eigenvalue weighted by Crippen LogP contribution is 2.13. The lowest BCUT2D eigenvalue weighted by atomic mass is 9.99. The monoisotopic (exact) mass is 166 g/mol. The minimum atomic E-state index is -0.900. The summed E-state index contributed by atoms with van der Waals surface area (Å²) in [6.07, 6.45) is 3.31. The SMILES string of the molecule is C=C[C@H](/C=C(\C)C(=O)O)C(=C)C. The topological polar surface area (TPSA) is 37.3 Å². The number of hydrogen-bond donors (Lipinski definition) is 1. The smallest absolute Gasteiger partial charge is 0.330 e. The maximum absolute atomic E-state index is 10.4. The van der Waals surface area contributed by atoms with Crippen LogP contribution < -0.4 is 0 Å². The van der Waals surface area contributed by atoms with E-state index in [2.05, 4.69) is 13.2 Å². The minimum Gasteiger partial charge on any atom is -0.478 e. The van der Waals surface area contributed by atoms with Crippen molar-refractivity contribution in [3.63, 3.8) is 0 Å². The zero-order valence-electron chi connectivity index (χ0n) is 7.50. The Morgan fingerprint density at radius 2 is 2.00 bits per heavy atom. The molecule has 0 fully saturated rings. The summed E-state index contributed by atoms with van der Waals surface area (Å²) in [5, 5.41) is 8.58. The maximum atomic E-state index is 10.4. The van der Waals surface area contributed by atoms with Crippen molar-refractivity contribution in [2.75, 3.05) is 0 Å². The summed E-state index contributed by atoms with van der Waals surface area (Å²) in [6, 6.07) is 0. The first-order chi connectivity index (χ1) is 5.49. The van der Waals surface area contributed by atoms with E-state index in [-0.39, 0.29) is 5.92 Å². The Morgan fingerprint density at radius 1 is 1.50 bits per heavy atom. The van der Waals surface area contributed by atoms with Gasteiger partial charge >= 0.3 is 5.97 Å². The van der Waals surface area contributed by atoms with Crippen LogP contribution in [0.15, 0.2) is 36.5 Å². The van der Waals surface area contributed by atoms with Crippen molar-refractivity contribution in [2.45, 2.75) is 13.8 Å². The molecule has 0 aliphatic carbocycles. The first-order valence-corrected chi connectivity index (χ1v) is 3.68. The molecular formula is C10H14O2. The fraction of sp³-hybridized carbons (Fsp3) is 0.300. The first-order valence-electron chi connectivity index (χ1n) is 3.68. The molecule has 1 atom stereocenters. The van der Waals surface area contributed by atoms with E-state index in [0.717, 1.165) is 5.57 Å². The Balaban J connectivity index is 4.57. The normalized spacial score (nSPS) is 13.7. The van der Waals surface area contributed by atoms with Crippen LogP contribution in [0.25, 0.3) is 0 Å². The average Bonchev–Trinajstić information content (AvgIpc) is 1.98. The van der Waals surface area contributed by atoms with Crippen LogP contribution in [0.4, 0.5) is 0 Å². The fourth-order valence-electron chi connectivity index (χ4n) is 0.752. The van der Waals surface area contributed by atoms with Gasteiger partial charge in [-0.05, 0) is 13.8 Å². The molecule has 0 aliphatic rings. The number of carboxylic acids is 1. The molecule has 1 N–H and O–H groups in total. The standard InChI is InChI=1S/C10H14O2/c1-5-9(7(2)3)6-8(4)10(11)12/h5-6,9H,1-2H2,3-4H3,(H,11,12)/b8-6+/t9-/m1/s1. The van der Waals surface area contributed by atoms with Gasteiger partial charge in [-0.1, -0.05) is 24.3 Å². The van der Waals surface area contributed by atoms with Crippen molar-refractivity contribution in [3.05, 3.63) is 36.5 Å². The van der Waals surface area contributed by atoms with Crippen molar-refractivity contribution in [1.82, 2.24) is 0 Å². The Kier molecular flexibility index (Phi) is 4.05. The number of aliphatic carboxylic acids is 1. The van der Waals surface area contributed by atoms with Crippen molar-refractivity contribution < 1.29 is 9.90 Å². The molecule has 0 aromatic rings. The predicted octanol–water partition coefficient (Wildman–Crippen LogP) is 2.40. The van der Waals surface area contributed by atoms with Gasteiger partial charge < -0.3 is 5.11 Å². The van der Waals surface area contributed by atoms with Crippen LogP contribution >= 0.6 is 0 Å². The zero-order valence-corrected chi connectivity index (χ0v) is 7.50. The van der Waals surface area contributed by atoms with Crippen molar-refractivity contribution in [3.8, 4) is 0 Å². The quantitative estimate of drug-likeness (QED) is 0.514. The molecule has 2 nitrogen and oxygen atoms in total. The number of carboxylic acid groups (broad SMARTS) is 1. The zero-order chi connectivity index (χ0) is 9.72. The number of rotatable bonds is 4. The Hall–Kier alpha value is -1.31. The van der Waals surface area contributed by atoms with Gasteiger partial charge in [0.05, 0.1) is 0 Å². The lowest BCUT2D eigenvalue weighted by Gasteiger charge is -2.06. The minimum absolute atomic E-state index is 0.0406. The van der Waals surface area contributed by atoms with Gasteiger partial charge in [-0.25, -0.2) is 4.79 Å². The molecule has 2 heteroatoms. The summed E-state index contributed by atoms with van der Waals surface area (Å²) in [6.45, 7) is 10.7. The lowest BCUT2D eigenvalue weighted by Crippen LogP contribution is -2.00. The molecule has 0 rings (SSSR count). The van der Waals surface area contributed by atoms with Gasteiger partial charge in [0.2, 0.25) is 0 Å². The first kappa shape index (κ1) is 10.7. The van der Waals surface area contributed by atoms with E-state index in [9.17, 15) is 4.79 Å². The molecule has 0 aromatic heterocycles. The van der Waals surface area contributed by atoms with Crippen molar-refractivity contribution in [2.24, 2.45) is 5.92 Å². The van der Waals surface area contributed by atoms with Crippen molar-refractivity contribution >= 4 is 5.97 Å². The lowest BCUT2D eigenvalue weighted by molar-refractivity contribution is -0.132. The second kappa shape index (κ2) is 4.54. The van der Waals surface area contributed by atoms with Gasteiger partial charge in [0.1, 0.15) is 0 Å². The van der Waals surface area contributed by atoms with Crippen LogP contribution in [0.1, 0.15) is 13.8 Å². The molecule has 12 heavy (non-hydrogen) atoms. The van der Waals surface area contributed by atoms with E-state index < -0.39 is 5.97 Å². The third-order valence-corrected chi connectivity index (χ3v) is 1.59. The summed E-state index contributed by atoms with van der Waals surface area (Å²) in [5.41, 5.74) is 1.22. The highest BCUT2D eigenvalue weighted by Gasteiger charge is 2.05. The summed E-state index contributed by atoms with van der Waals surface area (Å²) in [4.78, 5) is 10.4. The number of allylic oxidation sites excluding steroid dienone is 3. The summed E-state index contributed by atoms with van der Waals surface area (Å²) in [5.74, 6) is -0.941. The van der Waals surface area contributed by atoms with Crippen LogP contribution in [-0.4, -0.2) is 11.1 Å². The van der Waals surface area contributed by atoms with Gasteiger partial charge in [0, 0.05) is 11.5 Å². The molecule has 0 aromatic carbocycles. The third kappa shape index (κ3) is 3.19. The highest BCUT2D eigenvalue weighted by atomic mass is 16.4. The Bertz CT molecular complexity index is 236. The van der Waals surface area contributed by atoms with Crippen LogP contribution in [-0.2, 0) is 4.79 Å². The average molecular weight is 166 g/mol. The van der Waals surface area contributed by atoms with Crippen LogP contribution in [0, 0.1) is 5.92 Å². The molecule has 0 radical (unpaired) electrons. The van der Waals surface area contributed by atoms with Crippen LogP contribution in [0.2, 0.25) is 0 Å². The Labute approximate surface area is 72.9 Å². The molecule has 0 spiro atoms. The van der Waals surface area contributed by atoms with E-state index in [1.165, 1.54) is 0 Å². The van der Waals surface area contributed by atoms with Crippen LogP contribution in [0.5, 0.6) is 0 Å². The molecule has 0 saturated carbocycles. The molecule has 0 unspecified atom stereocenters. The maximum Gasteiger partial charge on any atom is 0.330 e. The van der Waals surface area contributed by atoms with Crippen molar-refractivity contribution in [1.29, 1.82) is 0 Å². The van der Waals surface area contributed by atoms with E-state index >= 15 is 0 Å². The van der Waals surface area contributed by atoms with Gasteiger partial charge in [-0.2, -0.15) is 0 Å². The molecular weight excluding hydrogens is 152 g/mol. The number of hydrogen-bond acceptors (Lipinski definition) is 1. The largest absolute Gasteiger partial charge is 0.478 e. The second-order valence-electron chi connectivity index (χ2n) is 2.76. The molecule has 0 heterocycles. The fourth-order valence-corrected chi connectivity index (χ4v) is 0.752. The van der Waals surface area contributed by atoms with E-state index in [4.69, 9.17) is 5.11 Å². The highest BCUT2D eigenvalue weighted by molar-refractivity contribution is 5.85. The van der Waals surface area contributed by atoms with E-state index in [0.29, 0.717) is 5.57 Å². The Morgan fingerprint density at radius 3 is 2.25 bits per heavy atom. The second-order valence-corrected chi connectivity index (χ2v) is 2.76. The number of carbonyl (C=O) groups is 1. The predicted molar refractivity (Wildman–Crippen MR) is 49.9 cm³/mol. The van der Waals surface area contributed by atoms with Gasteiger partial charge in [-0.3, -0.25) is 0 Å². The molecule has 66 valence electrons. The molecule has 0 amide bonds. The summed E-state index contributed by atoms with van der Waals surface area (Å²) >= 11 is 0. The van der Waals surface area contributed by atoms with Gasteiger partial charge in [-0.15, -0.1) is 6.58 Å². The van der Waals surface area contributed by atoms with E-state index in [1.54, 1.807) is 19.1 Å². The van der Waals surface area contributed by atoms with Gasteiger partial charge in [0.25, 0.3) is 0 Å².